The molecule has 0 saturated heterocycles. The summed E-state index contributed by atoms with van der Waals surface area (Å²) in [4.78, 5) is 5.54. The van der Waals surface area contributed by atoms with Gasteiger partial charge in [-0.25, -0.2) is 0 Å². The Kier molecular flexibility index (Phi) is 4.01. The van der Waals surface area contributed by atoms with Crippen LogP contribution in [-0.2, 0) is 16.9 Å². The number of nitrogens with one attached hydrogen (secondary N) is 1. The van der Waals surface area contributed by atoms with E-state index in [0.717, 1.165) is 24.0 Å². The van der Waals surface area contributed by atoms with Gasteiger partial charge in [0.25, 0.3) is 0 Å². The first-order chi connectivity index (χ1) is 10.3. The molecule has 1 aliphatic carbocycles. The van der Waals surface area contributed by atoms with E-state index in [-0.39, 0.29) is 11.5 Å². The highest BCUT2D eigenvalue weighted by molar-refractivity contribution is 5.36. The van der Waals surface area contributed by atoms with Crippen LogP contribution in [0.15, 0.2) is 60.7 Å². The van der Waals surface area contributed by atoms with Gasteiger partial charge < -0.3 is 0 Å². The molecule has 0 radical (unpaired) electrons. The summed E-state index contributed by atoms with van der Waals surface area (Å²) in [7, 11) is 0. The lowest BCUT2D eigenvalue weighted by Gasteiger charge is -2.42. The van der Waals surface area contributed by atoms with Crippen molar-refractivity contribution < 1.29 is 4.84 Å². The minimum atomic E-state index is -0.352. The van der Waals surface area contributed by atoms with Crippen LogP contribution in [0.1, 0.15) is 24.0 Å². The van der Waals surface area contributed by atoms with Crippen molar-refractivity contribution in [3.63, 3.8) is 0 Å². The summed E-state index contributed by atoms with van der Waals surface area (Å²) in [5.41, 5.74) is 4.97. The molecular formula is C18H18N2O. The average Bonchev–Trinajstić information content (AvgIpc) is 2.52. The van der Waals surface area contributed by atoms with Gasteiger partial charge in [-0.3, -0.25) is 4.84 Å². The number of rotatable bonds is 5. The second kappa shape index (κ2) is 6.09. The summed E-state index contributed by atoms with van der Waals surface area (Å²) in [5, 5.41) is 9.49. The molecule has 0 amide bonds. The molecule has 3 heteroatoms. The summed E-state index contributed by atoms with van der Waals surface area (Å²) in [6.45, 7) is 0.544. The molecule has 3 nitrogen and oxygen atoms in total. The second-order valence-corrected chi connectivity index (χ2v) is 5.56. The molecule has 2 aromatic carbocycles. The average molecular weight is 278 g/mol. The fourth-order valence-corrected chi connectivity index (χ4v) is 2.83. The van der Waals surface area contributed by atoms with E-state index in [4.69, 9.17) is 4.84 Å². The van der Waals surface area contributed by atoms with Crippen LogP contribution in [0, 0.1) is 11.3 Å². The molecule has 0 atom stereocenters. The van der Waals surface area contributed by atoms with Crippen molar-refractivity contribution in [2.45, 2.75) is 30.9 Å². The highest BCUT2D eigenvalue weighted by Gasteiger charge is 2.46. The van der Waals surface area contributed by atoms with E-state index in [1.165, 1.54) is 0 Å². The number of hydrogen-bond donors (Lipinski definition) is 1. The monoisotopic (exact) mass is 278 g/mol. The number of benzene rings is 2. The molecule has 0 spiro atoms. The number of hydroxylamine groups is 1. The third-order valence-corrected chi connectivity index (χ3v) is 4.06. The van der Waals surface area contributed by atoms with Gasteiger partial charge in [-0.2, -0.15) is 10.7 Å². The molecule has 1 N–H and O–H groups in total. The third kappa shape index (κ3) is 2.97. The maximum absolute atomic E-state index is 9.49. The molecule has 3 rings (SSSR count). The Morgan fingerprint density at radius 1 is 1.05 bits per heavy atom. The Morgan fingerprint density at radius 3 is 2.29 bits per heavy atom. The molecule has 1 fully saturated rings. The van der Waals surface area contributed by atoms with Gasteiger partial charge in [0.1, 0.15) is 0 Å². The zero-order chi connectivity index (χ0) is 14.5. The van der Waals surface area contributed by atoms with E-state index in [2.05, 4.69) is 11.5 Å². The van der Waals surface area contributed by atoms with Crippen LogP contribution < -0.4 is 5.48 Å². The Balaban J connectivity index is 1.50. The first kappa shape index (κ1) is 13.8. The quantitative estimate of drug-likeness (QED) is 0.853. The number of nitriles is 1. The molecule has 1 aliphatic rings. The highest BCUT2D eigenvalue weighted by atomic mass is 16.6. The van der Waals surface area contributed by atoms with Gasteiger partial charge >= 0.3 is 0 Å². The van der Waals surface area contributed by atoms with Gasteiger partial charge in [-0.1, -0.05) is 60.7 Å². The van der Waals surface area contributed by atoms with Crippen LogP contribution in [-0.4, -0.2) is 6.04 Å². The van der Waals surface area contributed by atoms with Gasteiger partial charge in [0.15, 0.2) is 0 Å². The first-order valence-corrected chi connectivity index (χ1v) is 7.20. The molecule has 0 bridgehead atoms. The zero-order valence-electron chi connectivity index (χ0n) is 11.8. The van der Waals surface area contributed by atoms with E-state index < -0.39 is 0 Å². The van der Waals surface area contributed by atoms with Crippen molar-refractivity contribution >= 4 is 0 Å². The predicted molar refractivity (Wildman–Crippen MR) is 81.1 cm³/mol. The van der Waals surface area contributed by atoms with E-state index in [1.54, 1.807) is 0 Å². The minimum Gasteiger partial charge on any atom is -0.297 e. The Labute approximate surface area is 125 Å². The van der Waals surface area contributed by atoms with Gasteiger partial charge in [-0.05, 0) is 24.0 Å². The van der Waals surface area contributed by atoms with Crippen LogP contribution in [0.4, 0.5) is 0 Å². The van der Waals surface area contributed by atoms with E-state index in [1.807, 2.05) is 60.7 Å². The van der Waals surface area contributed by atoms with Crippen LogP contribution in [0.2, 0.25) is 0 Å². The normalized spacial score (nSPS) is 24.0. The first-order valence-electron chi connectivity index (χ1n) is 7.20. The van der Waals surface area contributed by atoms with Crippen molar-refractivity contribution in [3.8, 4) is 6.07 Å². The third-order valence-electron chi connectivity index (χ3n) is 4.06. The second-order valence-electron chi connectivity index (χ2n) is 5.56. The number of nitrogens with zero attached hydrogens (tertiary/aromatic N) is 1. The Bertz CT molecular complexity index is 613. The maximum Gasteiger partial charge on any atom is 0.0933 e. The van der Waals surface area contributed by atoms with Crippen LogP contribution >= 0.6 is 0 Å². The fraction of sp³-hybridized carbons (Fsp3) is 0.278. The molecule has 2 aromatic rings. The zero-order valence-corrected chi connectivity index (χ0v) is 11.8. The molecule has 1 saturated carbocycles. The summed E-state index contributed by atoms with van der Waals surface area (Å²) < 4.78 is 0. The van der Waals surface area contributed by atoms with Crippen molar-refractivity contribution in [2.24, 2.45) is 0 Å². The van der Waals surface area contributed by atoms with E-state index in [0.29, 0.717) is 6.61 Å². The lowest BCUT2D eigenvalue weighted by Crippen LogP contribution is -2.50. The Morgan fingerprint density at radius 2 is 1.67 bits per heavy atom. The fourth-order valence-electron chi connectivity index (χ4n) is 2.83. The van der Waals surface area contributed by atoms with Crippen molar-refractivity contribution in [1.82, 2.24) is 5.48 Å². The molecule has 0 aromatic heterocycles. The molecule has 0 heterocycles. The summed E-state index contributed by atoms with van der Waals surface area (Å²) in [5.74, 6) is 0. The van der Waals surface area contributed by atoms with Crippen molar-refractivity contribution in [2.75, 3.05) is 0 Å². The summed E-state index contributed by atoms with van der Waals surface area (Å²) in [6.07, 6.45) is 1.59. The lowest BCUT2D eigenvalue weighted by molar-refractivity contribution is -0.0283. The maximum atomic E-state index is 9.49. The molecule has 0 unspecified atom stereocenters. The smallest absolute Gasteiger partial charge is 0.0933 e. The topological polar surface area (TPSA) is 45.0 Å². The minimum absolute atomic E-state index is 0.244. The van der Waals surface area contributed by atoms with Gasteiger partial charge in [0, 0.05) is 6.04 Å². The lowest BCUT2D eigenvalue weighted by atomic mass is 9.63. The molecule has 106 valence electrons. The summed E-state index contributed by atoms with van der Waals surface area (Å²) >= 11 is 0. The molecule has 21 heavy (non-hydrogen) atoms. The highest BCUT2D eigenvalue weighted by Crippen LogP contribution is 2.43. The van der Waals surface area contributed by atoms with Crippen molar-refractivity contribution in [3.05, 3.63) is 71.8 Å². The van der Waals surface area contributed by atoms with E-state index in [9.17, 15) is 5.26 Å². The molecule has 0 aliphatic heterocycles. The van der Waals surface area contributed by atoms with Crippen LogP contribution in [0.25, 0.3) is 0 Å². The Hall–Kier alpha value is -2.15. The molecular weight excluding hydrogens is 260 g/mol. The predicted octanol–water partition coefficient (Wildman–Crippen LogP) is 3.33. The summed E-state index contributed by atoms with van der Waals surface area (Å²) in [6, 6.07) is 22.8. The number of hydrogen-bond acceptors (Lipinski definition) is 3. The van der Waals surface area contributed by atoms with Crippen LogP contribution in [0.5, 0.6) is 0 Å². The largest absolute Gasteiger partial charge is 0.297 e. The van der Waals surface area contributed by atoms with Gasteiger partial charge in [-0.15, -0.1) is 0 Å². The van der Waals surface area contributed by atoms with E-state index >= 15 is 0 Å². The van der Waals surface area contributed by atoms with Gasteiger partial charge in [0.05, 0.1) is 18.1 Å². The standard InChI is InChI=1S/C18H18N2O/c19-14-18(16-9-5-2-6-10-16)11-17(12-18)20-21-13-15-7-3-1-4-8-15/h1-10,17,20H,11-13H2. The SMILES string of the molecule is N#CC1(c2ccccc2)CC(NOCc2ccccc2)C1. The van der Waals surface area contributed by atoms with Crippen LogP contribution in [0.3, 0.4) is 0 Å². The van der Waals surface area contributed by atoms with Gasteiger partial charge in [0.2, 0.25) is 0 Å². The van der Waals surface area contributed by atoms with Crippen molar-refractivity contribution in [1.29, 1.82) is 5.26 Å².